The molecule has 0 atom stereocenters. The second-order valence-electron chi connectivity index (χ2n) is 4.71. The van der Waals surface area contributed by atoms with Gasteiger partial charge in [0.05, 0.1) is 4.90 Å². The Morgan fingerprint density at radius 3 is 2.57 bits per heavy atom. The van der Waals surface area contributed by atoms with Crippen molar-refractivity contribution in [3.8, 4) is 5.75 Å². The fraction of sp³-hybridized carbons (Fsp3) is 0.133. The molecule has 2 aromatic rings. The maximum atomic E-state index is 13.3. The van der Waals surface area contributed by atoms with Gasteiger partial charge in [0.1, 0.15) is 5.82 Å². The first-order valence-corrected chi connectivity index (χ1v) is 8.32. The second-order valence-corrected chi connectivity index (χ2v) is 6.73. The maximum absolute atomic E-state index is 13.3. The van der Waals surface area contributed by atoms with Crippen LogP contribution >= 0.6 is 0 Å². The summed E-state index contributed by atoms with van der Waals surface area (Å²) in [5.74, 6) is -2.54. The Bertz CT molecular complexity index is 837. The number of halogens is 2. The Kier molecular flexibility index (Phi) is 4.95. The third kappa shape index (κ3) is 4.75. The second kappa shape index (κ2) is 6.74. The van der Waals surface area contributed by atoms with E-state index in [4.69, 9.17) is 4.74 Å². The van der Waals surface area contributed by atoms with Crippen molar-refractivity contribution in [2.24, 2.45) is 0 Å². The Balaban J connectivity index is 2.00. The lowest BCUT2D eigenvalue weighted by molar-refractivity contribution is -0.118. The Morgan fingerprint density at radius 2 is 1.91 bits per heavy atom. The number of rotatable bonds is 5. The fourth-order valence-corrected chi connectivity index (χ4v) is 2.40. The third-order valence-electron chi connectivity index (χ3n) is 2.80. The van der Waals surface area contributed by atoms with Crippen molar-refractivity contribution in [2.75, 3.05) is 18.2 Å². The number of ether oxygens (including phenoxy) is 1. The molecule has 0 saturated carbocycles. The molecule has 0 radical (unpaired) electrons. The van der Waals surface area contributed by atoms with Crippen molar-refractivity contribution in [2.45, 2.75) is 4.90 Å². The van der Waals surface area contributed by atoms with Crippen LogP contribution in [0.5, 0.6) is 5.75 Å². The van der Waals surface area contributed by atoms with E-state index in [1.165, 1.54) is 24.3 Å². The van der Waals surface area contributed by atoms with Gasteiger partial charge >= 0.3 is 0 Å². The molecule has 0 aliphatic rings. The summed E-state index contributed by atoms with van der Waals surface area (Å²) in [5.41, 5.74) is 0.265. The van der Waals surface area contributed by atoms with Crippen LogP contribution in [0, 0.1) is 11.6 Å². The number of carbonyl (C=O) groups is 1. The molecule has 5 nitrogen and oxygen atoms in total. The molecule has 1 amide bonds. The molecule has 122 valence electrons. The summed E-state index contributed by atoms with van der Waals surface area (Å²) >= 11 is 0. The lowest BCUT2D eigenvalue weighted by Gasteiger charge is -2.09. The maximum Gasteiger partial charge on any atom is 0.262 e. The van der Waals surface area contributed by atoms with Gasteiger partial charge in [-0.3, -0.25) is 4.79 Å². The molecule has 0 aliphatic carbocycles. The van der Waals surface area contributed by atoms with Crippen molar-refractivity contribution in [3.05, 3.63) is 54.1 Å². The van der Waals surface area contributed by atoms with Crippen molar-refractivity contribution in [3.63, 3.8) is 0 Å². The van der Waals surface area contributed by atoms with Crippen molar-refractivity contribution < 1.29 is 26.7 Å². The van der Waals surface area contributed by atoms with Crippen LogP contribution in [0.2, 0.25) is 0 Å². The molecule has 0 unspecified atom stereocenters. The minimum absolute atomic E-state index is 0.0563. The van der Waals surface area contributed by atoms with Gasteiger partial charge in [-0.2, -0.15) is 0 Å². The molecule has 0 saturated heterocycles. The lowest BCUT2D eigenvalue weighted by Crippen LogP contribution is -2.20. The Hall–Kier alpha value is -2.48. The smallest absolute Gasteiger partial charge is 0.262 e. The van der Waals surface area contributed by atoms with Crippen LogP contribution in [-0.2, 0) is 14.6 Å². The van der Waals surface area contributed by atoms with E-state index >= 15 is 0 Å². The predicted octanol–water partition coefficient (Wildman–Crippen LogP) is 2.39. The van der Waals surface area contributed by atoms with E-state index in [0.717, 1.165) is 18.4 Å². The van der Waals surface area contributed by atoms with Gasteiger partial charge < -0.3 is 10.1 Å². The van der Waals surface area contributed by atoms with Crippen LogP contribution in [-0.4, -0.2) is 27.2 Å². The number of amides is 1. The molecule has 0 bridgehead atoms. The minimum Gasteiger partial charge on any atom is -0.481 e. The summed E-state index contributed by atoms with van der Waals surface area (Å²) in [6.45, 7) is -0.508. The molecule has 23 heavy (non-hydrogen) atoms. The standard InChI is InChI=1S/C15H13F2NO4S/c1-23(20,21)12-4-2-3-11(8-12)18-15(19)9-22-14-6-5-10(16)7-13(14)17/h2-8H,9H2,1H3,(H,18,19). The molecule has 2 aromatic carbocycles. The van der Waals surface area contributed by atoms with Crippen LogP contribution in [0.15, 0.2) is 47.4 Å². The van der Waals surface area contributed by atoms with Gasteiger partial charge in [0, 0.05) is 18.0 Å². The number of benzene rings is 2. The average molecular weight is 341 g/mol. The van der Waals surface area contributed by atoms with Crippen LogP contribution < -0.4 is 10.1 Å². The van der Waals surface area contributed by atoms with E-state index in [2.05, 4.69) is 5.32 Å². The lowest BCUT2D eigenvalue weighted by atomic mass is 10.3. The Labute approximate surface area is 131 Å². The monoisotopic (exact) mass is 341 g/mol. The summed E-state index contributed by atoms with van der Waals surface area (Å²) in [6.07, 6.45) is 1.05. The van der Waals surface area contributed by atoms with Crippen molar-refractivity contribution in [1.82, 2.24) is 0 Å². The fourth-order valence-electron chi connectivity index (χ4n) is 1.74. The molecule has 2 rings (SSSR count). The zero-order chi connectivity index (χ0) is 17.0. The molecule has 0 heterocycles. The first-order valence-electron chi connectivity index (χ1n) is 6.43. The van der Waals surface area contributed by atoms with E-state index in [-0.39, 0.29) is 16.3 Å². The zero-order valence-electron chi connectivity index (χ0n) is 12.0. The Morgan fingerprint density at radius 1 is 1.17 bits per heavy atom. The first-order chi connectivity index (χ1) is 10.8. The molecular formula is C15H13F2NO4S. The summed E-state index contributed by atoms with van der Waals surface area (Å²) in [6, 6.07) is 8.40. The van der Waals surface area contributed by atoms with E-state index in [1.54, 1.807) is 0 Å². The average Bonchev–Trinajstić information content (AvgIpc) is 2.45. The van der Waals surface area contributed by atoms with E-state index in [0.29, 0.717) is 6.07 Å². The number of nitrogens with one attached hydrogen (secondary N) is 1. The molecule has 0 fully saturated rings. The summed E-state index contributed by atoms with van der Waals surface area (Å²) in [4.78, 5) is 11.8. The van der Waals surface area contributed by atoms with E-state index in [1.807, 2.05) is 0 Å². The van der Waals surface area contributed by atoms with Gasteiger partial charge in [0.2, 0.25) is 0 Å². The molecule has 8 heteroatoms. The minimum atomic E-state index is -3.39. The van der Waals surface area contributed by atoms with Crippen molar-refractivity contribution in [1.29, 1.82) is 0 Å². The van der Waals surface area contributed by atoms with Gasteiger partial charge in [0.25, 0.3) is 5.91 Å². The molecule has 1 N–H and O–H groups in total. The predicted molar refractivity (Wildman–Crippen MR) is 80.0 cm³/mol. The van der Waals surface area contributed by atoms with Crippen LogP contribution in [0.25, 0.3) is 0 Å². The normalized spacial score (nSPS) is 11.1. The SMILES string of the molecule is CS(=O)(=O)c1cccc(NC(=O)COc2ccc(F)cc2F)c1. The summed E-state index contributed by atoms with van der Waals surface area (Å²) < 4.78 is 53.9. The van der Waals surface area contributed by atoms with E-state index < -0.39 is 34.0 Å². The van der Waals surface area contributed by atoms with Gasteiger partial charge in [0.15, 0.2) is 28.0 Å². The quantitative estimate of drug-likeness (QED) is 0.906. The highest BCUT2D eigenvalue weighted by Gasteiger charge is 2.11. The number of anilines is 1. The zero-order valence-corrected chi connectivity index (χ0v) is 12.9. The summed E-state index contributed by atoms with van der Waals surface area (Å²) in [7, 11) is -3.39. The highest BCUT2D eigenvalue weighted by atomic mass is 32.2. The molecule has 0 aromatic heterocycles. The third-order valence-corrected chi connectivity index (χ3v) is 3.91. The largest absolute Gasteiger partial charge is 0.481 e. The molecule has 0 aliphatic heterocycles. The number of sulfone groups is 1. The van der Waals surface area contributed by atoms with Gasteiger partial charge in [-0.15, -0.1) is 0 Å². The summed E-state index contributed by atoms with van der Waals surface area (Å²) in [5, 5.41) is 2.43. The van der Waals surface area contributed by atoms with Crippen LogP contribution in [0.1, 0.15) is 0 Å². The van der Waals surface area contributed by atoms with Gasteiger partial charge in [-0.05, 0) is 30.3 Å². The number of carbonyl (C=O) groups excluding carboxylic acids is 1. The topological polar surface area (TPSA) is 72.5 Å². The number of hydrogen-bond donors (Lipinski definition) is 1. The van der Waals surface area contributed by atoms with Gasteiger partial charge in [-0.1, -0.05) is 6.07 Å². The number of hydrogen-bond acceptors (Lipinski definition) is 4. The highest BCUT2D eigenvalue weighted by Crippen LogP contribution is 2.18. The van der Waals surface area contributed by atoms with Gasteiger partial charge in [-0.25, -0.2) is 17.2 Å². The van der Waals surface area contributed by atoms with Crippen LogP contribution in [0.4, 0.5) is 14.5 Å². The first kappa shape index (κ1) is 16.9. The molecule has 0 spiro atoms. The van der Waals surface area contributed by atoms with Crippen LogP contribution in [0.3, 0.4) is 0 Å². The van der Waals surface area contributed by atoms with Crippen molar-refractivity contribution >= 4 is 21.4 Å². The molecular weight excluding hydrogens is 328 g/mol. The highest BCUT2D eigenvalue weighted by molar-refractivity contribution is 7.90. The van der Waals surface area contributed by atoms with E-state index in [9.17, 15) is 22.0 Å².